The van der Waals surface area contributed by atoms with Crippen molar-refractivity contribution in [2.24, 2.45) is 0 Å². The fourth-order valence-corrected chi connectivity index (χ4v) is 2.88. The lowest BCUT2D eigenvalue weighted by molar-refractivity contribution is -0.126. The average Bonchev–Trinajstić information content (AvgIpc) is 2.42. The molecule has 5 nitrogen and oxygen atoms in total. The van der Waals surface area contributed by atoms with Crippen LogP contribution in [0.2, 0.25) is 0 Å². The highest BCUT2D eigenvalue weighted by Gasteiger charge is 2.26. The van der Waals surface area contributed by atoms with Crippen LogP contribution in [0.3, 0.4) is 0 Å². The first-order valence-corrected chi connectivity index (χ1v) is 7.51. The highest BCUT2D eigenvalue weighted by Crippen LogP contribution is 2.17. The van der Waals surface area contributed by atoms with Crippen LogP contribution in [0.4, 0.5) is 0 Å². The van der Waals surface area contributed by atoms with E-state index in [1.54, 1.807) is 0 Å². The van der Waals surface area contributed by atoms with Crippen molar-refractivity contribution >= 4 is 11.8 Å². The Bertz CT molecular complexity index is 327. The highest BCUT2D eigenvalue weighted by atomic mass is 16.2. The number of rotatable bonds is 4. The Hall–Kier alpha value is -1.10. The molecule has 5 heteroatoms. The normalized spacial score (nSPS) is 26.6. The topological polar surface area (TPSA) is 70.2 Å². The lowest BCUT2D eigenvalue weighted by atomic mass is 9.95. The molecule has 2 rings (SSSR count). The van der Waals surface area contributed by atoms with Gasteiger partial charge in [0.25, 0.3) is 0 Å². The van der Waals surface area contributed by atoms with Crippen LogP contribution in [-0.2, 0) is 9.59 Å². The van der Waals surface area contributed by atoms with E-state index in [2.05, 4.69) is 16.0 Å². The molecule has 2 aliphatic rings. The van der Waals surface area contributed by atoms with Crippen molar-refractivity contribution in [3.8, 4) is 0 Å². The summed E-state index contributed by atoms with van der Waals surface area (Å²) in [5.74, 6) is 0.0360. The highest BCUT2D eigenvalue weighted by molar-refractivity contribution is 5.85. The lowest BCUT2D eigenvalue weighted by Gasteiger charge is -2.28. The molecule has 2 atom stereocenters. The number of amides is 2. The quantitative estimate of drug-likeness (QED) is 0.702. The fourth-order valence-electron chi connectivity index (χ4n) is 2.88. The van der Waals surface area contributed by atoms with E-state index in [0.29, 0.717) is 6.04 Å². The van der Waals surface area contributed by atoms with E-state index < -0.39 is 0 Å². The van der Waals surface area contributed by atoms with Gasteiger partial charge in [0.1, 0.15) is 0 Å². The molecule has 19 heavy (non-hydrogen) atoms. The molecule has 3 N–H and O–H groups in total. The maximum absolute atomic E-state index is 12.1. The molecule has 1 saturated heterocycles. The van der Waals surface area contributed by atoms with E-state index in [4.69, 9.17) is 0 Å². The van der Waals surface area contributed by atoms with Crippen LogP contribution in [-0.4, -0.2) is 36.5 Å². The second kappa shape index (κ2) is 6.89. The maximum Gasteiger partial charge on any atom is 0.237 e. The van der Waals surface area contributed by atoms with Gasteiger partial charge < -0.3 is 10.6 Å². The summed E-state index contributed by atoms with van der Waals surface area (Å²) in [6.45, 7) is 2.58. The zero-order valence-corrected chi connectivity index (χ0v) is 11.7. The molecule has 2 amide bonds. The van der Waals surface area contributed by atoms with Gasteiger partial charge in [-0.25, -0.2) is 0 Å². The van der Waals surface area contributed by atoms with Gasteiger partial charge in [-0.05, 0) is 32.6 Å². The van der Waals surface area contributed by atoms with Crippen molar-refractivity contribution in [3.05, 3.63) is 0 Å². The lowest BCUT2D eigenvalue weighted by Crippen LogP contribution is -2.55. The van der Waals surface area contributed by atoms with Crippen molar-refractivity contribution in [1.29, 1.82) is 0 Å². The predicted molar refractivity (Wildman–Crippen MR) is 73.6 cm³/mol. The first kappa shape index (κ1) is 14.3. The van der Waals surface area contributed by atoms with Crippen LogP contribution in [0.25, 0.3) is 0 Å². The summed E-state index contributed by atoms with van der Waals surface area (Å²) in [7, 11) is 0. The molecule has 0 spiro atoms. The number of hydrogen-bond donors (Lipinski definition) is 3. The molecular weight excluding hydrogens is 242 g/mol. The van der Waals surface area contributed by atoms with E-state index in [1.807, 2.05) is 6.92 Å². The zero-order valence-electron chi connectivity index (χ0n) is 11.7. The van der Waals surface area contributed by atoms with Crippen LogP contribution < -0.4 is 16.0 Å². The molecule has 1 saturated carbocycles. The molecule has 0 aromatic carbocycles. The van der Waals surface area contributed by atoms with Gasteiger partial charge in [-0.3, -0.25) is 14.9 Å². The minimum Gasteiger partial charge on any atom is -0.355 e. The van der Waals surface area contributed by atoms with Gasteiger partial charge in [-0.2, -0.15) is 0 Å². The minimum atomic E-state index is -0.309. The summed E-state index contributed by atoms with van der Waals surface area (Å²) in [5, 5.41) is 9.05. The van der Waals surface area contributed by atoms with E-state index in [9.17, 15) is 9.59 Å². The van der Waals surface area contributed by atoms with Crippen LogP contribution in [0.15, 0.2) is 0 Å². The molecule has 2 unspecified atom stereocenters. The molecule has 0 radical (unpaired) electrons. The third-order valence-corrected chi connectivity index (χ3v) is 4.08. The molecule has 108 valence electrons. The summed E-state index contributed by atoms with van der Waals surface area (Å²) in [6, 6.07) is -0.206. The summed E-state index contributed by atoms with van der Waals surface area (Å²) in [4.78, 5) is 23.7. The standard InChI is InChI=1S/C14H25N3O2/c1-10(16-12-8-5-9-15-14(12)19)13(18)17-11-6-3-2-4-7-11/h10-12,16H,2-9H2,1H3,(H,15,19)(H,17,18). The van der Waals surface area contributed by atoms with Gasteiger partial charge in [-0.1, -0.05) is 19.3 Å². The van der Waals surface area contributed by atoms with Crippen LogP contribution in [0.1, 0.15) is 51.9 Å². The van der Waals surface area contributed by atoms with Gasteiger partial charge in [0, 0.05) is 12.6 Å². The van der Waals surface area contributed by atoms with Crippen molar-refractivity contribution in [2.45, 2.75) is 70.0 Å². The van der Waals surface area contributed by atoms with E-state index in [1.165, 1.54) is 19.3 Å². The number of nitrogens with one attached hydrogen (secondary N) is 3. The summed E-state index contributed by atoms with van der Waals surface area (Å²) in [5.41, 5.74) is 0. The largest absolute Gasteiger partial charge is 0.355 e. The van der Waals surface area contributed by atoms with Crippen molar-refractivity contribution < 1.29 is 9.59 Å². The monoisotopic (exact) mass is 267 g/mol. The second-order valence-corrected chi connectivity index (χ2v) is 5.72. The number of piperidine rings is 1. The molecule has 0 aromatic rings. The van der Waals surface area contributed by atoms with Gasteiger partial charge in [0.05, 0.1) is 12.1 Å². The van der Waals surface area contributed by atoms with Gasteiger partial charge in [0.15, 0.2) is 0 Å². The summed E-state index contributed by atoms with van der Waals surface area (Å²) >= 11 is 0. The Labute approximate surface area is 114 Å². The number of hydrogen-bond acceptors (Lipinski definition) is 3. The molecular formula is C14H25N3O2. The van der Waals surface area contributed by atoms with E-state index in [-0.39, 0.29) is 23.9 Å². The molecule has 0 bridgehead atoms. The van der Waals surface area contributed by atoms with E-state index in [0.717, 1.165) is 32.2 Å². The van der Waals surface area contributed by atoms with Gasteiger partial charge in [-0.15, -0.1) is 0 Å². The summed E-state index contributed by atoms with van der Waals surface area (Å²) in [6.07, 6.45) is 7.65. The molecule has 2 fully saturated rings. The third kappa shape index (κ3) is 4.20. The Morgan fingerprint density at radius 3 is 2.63 bits per heavy atom. The Kier molecular flexibility index (Phi) is 5.19. The predicted octanol–water partition coefficient (Wildman–Crippen LogP) is 0.692. The Balaban J connectivity index is 1.76. The molecule has 1 aliphatic heterocycles. The molecule has 0 aromatic heterocycles. The first-order valence-electron chi connectivity index (χ1n) is 7.51. The van der Waals surface area contributed by atoms with Crippen molar-refractivity contribution in [2.75, 3.05) is 6.54 Å². The first-order chi connectivity index (χ1) is 9.16. The Morgan fingerprint density at radius 2 is 1.95 bits per heavy atom. The van der Waals surface area contributed by atoms with Crippen LogP contribution in [0, 0.1) is 0 Å². The van der Waals surface area contributed by atoms with Crippen LogP contribution in [0.5, 0.6) is 0 Å². The maximum atomic E-state index is 12.1. The van der Waals surface area contributed by atoms with Crippen molar-refractivity contribution in [1.82, 2.24) is 16.0 Å². The Morgan fingerprint density at radius 1 is 1.21 bits per heavy atom. The fraction of sp³-hybridized carbons (Fsp3) is 0.857. The van der Waals surface area contributed by atoms with Gasteiger partial charge >= 0.3 is 0 Å². The SMILES string of the molecule is CC(NC1CCCNC1=O)C(=O)NC1CCCCC1. The number of carbonyl (C=O) groups is 2. The smallest absolute Gasteiger partial charge is 0.237 e. The summed E-state index contributed by atoms with van der Waals surface area (Å²) < 4.78 is 0. The van der Waals surface area contributed by atoms with Crippen molar-refractivity contribution in [3.63, 3.8) is 0 Å². The minimum absolute atomic E-state index is 0.0172. The zero-order chi connectivity index (χ0) is 13.7. The number of carbonyl (C=O) groups excluding carboxylic acids is 2. The molecule has 1 heterocycles. The van der Waals surface area contributed by atoms with Gasteiger partial charge in [0.2, 0.25) is 11.8 Å². The van der Waals surface area contributed by atoms with Crippen LogP contribution >= 0.6 is 0 Å². The second-order valence-electron chi connectivity index (χ2n) is 5.72. The third-order valence-electron chi connectivity index (χ3n) is 4.08. The molecule has 1 aliphatic carbocycles. The van der Waals surface area contributed by atoms with E-state index >= 15 is 0 Å². The average molecular weight is 267 g/mol.